The molecule has 0 spiro atoms. The summed E-state index contributed by atoms with van der Waals surface area (Å²) in [6, 6.07) is 14.5. The summed E-state index contributed by atoms with van der Waals surface area (Å²) in [6.07, 6.45) is 0.747. The third-order valence-electron chi connectivity index (χ3n) is 4.04. The summed E-state index contributed by atoms with van der Waals surface area (Å²) in [4.78, 5) is 37.2. The standard InChI is InChI=1S/C22H19ClN2O4S/c1-2-11-29-22(28)14-5-8-16(9-6-14)24-20(26)15-7-10-17(23)18(13-15)25-21(27)19-4-3-12-30-19/h3-10,12-13H,2,11H2,1H3,(H,24,26)(H,25,27). The van der Waals surface area contributed by atoms with E-state index in [1.807, 2.05) is 6.92 Å². The number of hydrogen-bond donors (Lipinski definition) is 2. The first-order valence-corrected chi connectivity index (χ1v) is 10.5. The molecule has 0 atom stereocenters. The van der Waals surface area contributed by atoms with Gasteiger partial charge in [0.2, 0.25) is 0 Å². The summed E-state index contributed by atoms with van der Waals surface area (Å²) in [6.45, 7) is 2.28. The highest BCUT2D eigenvalue weighted by atomic mass is 35.5. The number of hydrogen-bond acceptors (Lipinski definition) is 5. The van der Waals surface area contributed by atoms with Crippen molar-refractivity contribution in [3.8, 4) is 0 Å². The molecule has 0 fully saturated rings. The molecule has 0 unspecified atom stereocenters. The molecule has 8 heteroatoms. The lowest BCUT2D eigenvalue weighted by Gasteiger charge is -2.10. The van der Waals surface area contributed by atoms with E-state index < -0.39 is 5.97 Å². The Labute approximate surface area is 182 Å². The number of thiophene rings is 1. The Hall–Kier alpha value is -3.16. The first-order chi connectivity index (χ1) is 14.5. The fourth-order valence-corrected chi connectivity index (χ4v) is 3.31. The Morgan fingerprint density at radius 1 is 0.967 bits per heavy atom. The molecule has 2 aromatic carbocycles. The van der Waals surface area contributed by atoms with Crippen molar-refractivity contribution in [3.05, 3.63) is 81.0 Å². The van der Waals surface area contributed by atoms with Gasteiger partial charge in [-0.2, -0.15) is 0 Å². The summed E-state index contributed by atoms with van der Waals surface area (Å²) in [5.41, 5.74) is 1.60. The van der Waals surface area contributed by atoms with Gasteiger partial charge in [-0.3, -0.25) is 9.59 Å². The topological polar surface area (TPSA) is 84.5 Å². The van der Waals surface area contributed by atoms with Gasteiger partial charge in [-0.15, -0.1) is 11.3 Å². The van der Waals surface area contributed by atoms with Crippen LogP contribution in [0, 0.1) is 0 Å². The van der Waals surface area contributed by atoms with Crippen LogP contribution in [-0.4, -0.2) is 24.4 Å². The smallest absolute Gasteiger partial charge is 0.338 e. The number of carbonyl (C=O) groups excluding carboxylic acids is 3. The molecule has 2 N–H and O–H groups in total. The third-order valence-corrected chi connectivity index (χ3v) is 5.24. The Balaban J connectivity index is 1.68. The molecule has 3 aromatic rings. The Morgan fingerprint density at radius 3 is 2.37 bits per heavy atom. The number of halogens is 1. The molecule has 0 radical (unpaired) electrons. The van der Waals surface area contributed by atoms with Gasteiger partial charge in [-0.25, -0.2) is 4.79 Å². The van der Waals surface area contributed by atoms with Crippen LogP contribution < -0.4 is 10.6 Å². The van der Waals surface area contributed by atoms with Crippen molar-refractivity contribution < 1.29 is 19.1 Å². The van der Waals surface area contributed by atoms with E-state index in [2.05, 4.69) is 10.6 Å². The van der Waals surface area contributed by atoms with E-state index in [0.717, 1.165) is 6.42 Å². The zero-order valence-electron chi connectivity index (χ0n) is 16.1. The maximum atomic E-state index is 12.6. The molecule has 0 aliphatic carbocycles. The summed E-state index contributed by atoms with van der Waals surface area (Å²) in [7, 11) is 0. The van der Waals surface area contributed by atoms with Gasteiger partial charge in [0.1, 0.15) is 0 Å². The monoisotopic (exact) mass is 442 g/mol. The average Bonchev–Trinajstić information content (AvgIpc) is 3.29. The number of amides is 2. The number of rotatable bonds is 7. The van der Waals surface area contributed by atoms with Gasteiger partial charge in [0.25, 0.3) is 11.8 Å². The maximum Gasteiger partial charge on any atom is 0.338 e. The largest absolute Gasteiger partial charge is 0.462 e. The summed E-state index contributed by atoms with van der Waals surface area (Å²) in [5.74, 6) is -1.08. The molecule has 2 amide bonds. The quantitative estimate of drug-likeness (QED) is 0.475. The molecule has 30 heavy (non-hydrogen) atoms. The first kappa shape index (κ1) is 21.5. The Morgan fingerprint density at radius 2 is 1.70 bits per heavy atom. The van der Waals surface area contributed by atoms with E-state index in [4.69, 9.17) is 16.3 Å². The van der Waals surface area contributed by atoms with Crippen molar-refractivity contribution in [3.63, 3.8) is 0 Å². The second kappa shape index (κ2) is 10.0. The molecule has 1 aromatic heterocycles. The predicted molar refractivity (Wildman–Crippen MR) is 119 cm³/mol. The molecule has 3 rings (SSSR count). The van der Waals surface area contributed by atoms with E-state index in [-0.39, 0.29) is 11.8 Å². The molecule has 0 bridgehead atoms. The molecule has 154 valence electrons. The van der Waals surface area contributed by atoms with Gasteiger partial charge in [-0.05, 0) is 60.3 Å². The fraction of sp³-hybridized carbons (Fsp3) is 0.136. The zero-order chi connectivity index (χ0) is 21.5. The van der Waals surface area contributed by atoms with E-state index in [9.17, 15) is 14.4 Å². The lowest BCUT2D eigenvalue weighted by atomic mass is 10.1. The highest BCUT2D eigenvalue weighted by Crippen LogP contribution is 2.25. The minimum atomic E-state index is -0.404. The van der Waals surface area contributed by atoms with Crippen LogP contribution in [-0.2, 0) is 4.74 Å². The fourth-order valence-electron chi connectivity index (χ4n) is 2.52. The van der Waals surface area contributed by atoms with Crippen molar-refractivity contribution in [1.82, 2.24) is 0 Å². The molecule has 0 saturated heterocycles. The lowest BCUT2D eigenvalue weighted by molar-refractivity contribution is 0.0505. The van der Waals surface area contributed by atoms with Crippen molar-refractivity contribution in [2.75, 3.05) is 17.2 Å². The van der Waals surface area contributed by atoms with E-state index in [0.29, 0.717) is 39.0 Å². The zero-order valence-corrected chi connectivity index (χ0v) is 17.7. The number of carbonyl (C=O) groups is 3. The normalized spacial score (nSPS) is 10.3. The second-order valence-corrected chi connectivity index (χ2v) is 7.65. The summed E-state index contributed by atoms with van der Waals surface area (Å²) >= 11 is 7.47. The number of ether oxygens (including phenoxy) is 1. The van der Waals surface area contributed by atoms with Crippen LogP contribution in [0.1, 0.15) is 43.7 Å². The SMILES string of the molecule is CCCOC(=O)c1ccc(NC(=O)c2ccc(Cl)c(NC(=O)c3cccs3)c2)cc1. The van der Waals surface area contributed by atoms with Crippen molar-refractivity contribution in [1.29, 1.82) is 0 Å². The lowest BCUT2D eigenvalue weighted by Crippen LogP contribution is -2.14. The number of anilines is 2. The van der Waals surface area contributed by atoms with Gasteiger partial charge in [-0.1, -0.05) is 24.6 Å². The van der Waals surface area contributed by atoms with Gasteiger partial charge < -0.3 is 15.4 Å². The molecule has 0 aliphatic heterocycles. The highest BCUT2D eigenvalue weighted by molar-refractivity contribution is 7.12. The minimum Gasteiger partial charge on any atom is -0.462 e. The van der Waals surface area contributed by atoms with Gasteiger partial charge in [0.05, 0.1) is 27.8 Å². The molecular weight excluding hydrogens is 424 g/mol. The third kappa shape index (κ3) is 5.46. The van der Waals surface area contributed by atoms with Gasteiger partial charge in [0, 0.05) is 11.3 Å². The first-order valence-electron chi connectivity index (χ1n) is 9.21. The molecule has 6 nitrogen and oxygen atoms in total. The van der Waals surface area contributed by atoms with Gasteiger partial charge >= 0.3 is 5.97 Å². The van der Waals surface area contributed by atoms with E-state index >= 15 is 0 Å². The number of esters is 1. The molecule has 0 aliphatic rings. The average molecular weight is 443 g/mol. The minimum absolute atomic E-state index is 0.296. The highest BCUT2D eigenvalue weighted by Gasteiger charge is 2.14. The van der Waals surface area contributed by atoms with E-state index in [1.165, 1.54) is 17.4 Å². The molecule has 1 heterocycles. The van der Waals surface area contributed by atoms with E-state index in [1.54, 1.807) is 53.9 Å². The van der Waals surface area contributed by atoms with Crippen LogP contribution in [0.25, 0.3) is 0 Å². The molecule has 0 saturated carbocycles. The van der Waals surface area contributed by atoms with Crippen LogP contribution in [0.15, 0.2) is 60.0 Å². The number of nitrogens with one attached hydrogen (secondary N) is 2. The second-order valence-electron chi connectivity index (χ2n) is 6.29. The predicted octanol–water partition coefficient (Wildman–Crippen LogP) is 5.47. The van der Waals surface area contributed by atoms with Crippen LogP contribution in [0.2, 0.25) is 5.02 Å². The summed E-state index contributed by atoms with van der Waals surface area (Å²) < 4.78 is 5.08. The Kier molecular flexibility index (Phi) is 7.21. The van der Waals surface area contributed by atoms with Crippen LogP contribution in [0.4, 0.5) is 11.4 Å². The number of benzene rings is 2. The maximum absolute atomic E-state index is 12.6. The molecular formula is C22H19ClN2O4S. The summed E-state index contributed by atoms with van der Waals surface area (Å²) in [5, 5.41) is 7.59. The van der Waals surface area contributed by atoms with Crippen LogP contribution >= 0.6 is 22.9 Å². The van der Waals surface area contributed by atoms with Crippen molar-refractivity contribution >= 4 is 52.1 Å². The van der Waals surface area contributed by atoms with Crippen LogP contribution in [0.5, 0.6) is 0 Å². The van der Waals surface area contributed by atoms with Crippen LogP contribution in [0.3, 0.4) is 0 Å². The van der Waals surface area contributed by atoms with Crippen molar-refractivity contribution in [2.24, 2.45) is 0 Å². The van der Waals surface area contributed by atoms with Crippen molar-refractivity contribution in [2.45, 2.75) is 13.3 Å². The Bertz CT molecular complexity index is 1050. The van der Waals surface area contributed by atoms with Gasteiger partial charge in [0.15, 0.2) is 0 Å².